The fourth-order valence-corrected chi connectivity index (χ4v) is 5.24. The summed E-state index contributed by atoms with van der Waals surface area (Å²) in [7, 11) is -4.04. The minimum Gasteiger partial charge on any atom is -0.494 e. The Morgan fingerprint density at radius 2 is 1.93 bits per heavy atom. The first-order chi connectivity index (χ1) is 13.3. The highest BCUT2D eigenvalue weighted by atomic mass is 32.2. The van der Waals surface area contributed by atoms with Gasteiger partial charge in [0.25, 0.3) is 0 Å². The largest absolute Gasteiger partial charge is 0.494 e. The van der Waals surface area contributed by atoms with Crippen molar-refractivity contribution in [2.45, 2.75) is 31.7 Å². The van der Waals surface area contributed by atoms with Crippen LogP contribution in [0.25, 0.3) is 0 Å². The summed E-state index contributed by atoms with van der Waals surface area (Å²) in [5.74, 6) is -0.550. The molecule has 2 aromatic rings. The second kappa shape index (κ2) is 7.89. The molecule has 3 rings (SSSR count). The predicted molar refractivity (Wildman–Crippen MR) is 103 cm³/mol. The zero-order valence-electron chi connectivity index (χ0n) is 16.0. The van der Waals surface area contributed by atoms with Crippen molar-refractivity contribution < 1.29 is 22.3 Å². The number of nitrogens with one attached hydrogen (secondary N) is 1. The van der Waals surface area contributed by atoms with Crippen molar-refractivity contribution in [2.24, 2.45) is 0 Å². The summed E-state index contributed by atoms with van der Waals surface area (Å²) in [5.41, 5.74) is 1.21. The molecule has 0 aliphatic carbocycles. The Morgan fingerprint density at radius 1 is 1.21 bits per heavy atom. The number of carbonyl (C=O) groups is 1. The molecule has 8 heteroatoms. The van der Waals surface area contributed by atoms with Crippen LogP contribution in [0.5, 0.6) is 5.75 Å². The molecule has 1 aliphatic rings. The first-order valence-corrected chi connectivity index (χ1v) is 10.5. The van der Waals surface area contributed by atoms with Gasteiger partial charge in [-0.1, -0.05) is 18.2 Å². The van der Waals surface area contributed by atoms with Crippen LogP contribution in [0.15, 0.2) is 41.3 Å². The molecule has 28 heavy (non-hydrogen) atoms. The number of halogens is 1. The molecule has 1 saturated heterocycles. The van der Waals surface area contributed by atoms with Crippen LogP contribution in [0, 0.1) is 19.7 Å². The lowest BCUT2D eigenvalue weighted by Crippen LogP contribution is -2.52. The maximum Gasteiger partial charge on any atom is 0.244 e. The quantitative estimate of drug-likeness (QED) is 0.828. The normalized spacial score (nSPS) is 18.0. The van der Waals surface area contributed by atoms with E-state index in [1.807, 2.05) is 6.92 Å². The summed E-state index contributed by atoms with van der Waals surface area (Å²) >= 11 is 0. The van der Waals surface area contributed by atoms with Crippen LogP contribution < -0.4 is 10.1 Å². The van der Waals surface area contributed by atoms with Crippen LogP contribution in [0.1, 0.15) is 29.7 Å². The minimum absolute atomic E-state index is 0.0311. The molecule has 1 atom stereocenters. The van der Waals surface area contributed by atoms with E-state index in [0.29, 0.717) is 23.5 Å². The van der Waals surface area contributed by atoms with Gasteiger partial charge in [0.1, 0.15) is 17.6 Å². The molecule has 0 radical (unpaired) electrons. The zero-order valence-corrected chi connectivity index (χ0v) is 16.8. The molecule has 6 nitrogen and oxygen atoms in total. The molecule has 0 saturated carbocycles. The molecule has 2 aromatic carbocycles. The molecule has 150 valence electrons. The van der Waals surface area contributed by atoms with Crippen LogP contribution in [-0.4, -0.2) is 38.3 Å². The first-order valence-electron chi connectivity index (χ1n) is 9.05. The van der Waals surface area contributed by atoms with E-state index in [-0.39, 0.29) is 23.5 Å². The number of amides is 1. The number of hydrogen-bond acceptors (Lipinski definition) is 4. The van der Waals surface area contributed by atoms with Crippen molar-refractivity contribution >= 4 is 15.9 Å². The van der Waals surface area contributed by atoms with Crippen molar-refractivity contribution in [3.63, 3.8) is 0 Å². The predicted octanol–water partition coefficient (Wildman–Crippen LogP) is 2.70. The number of aryl methyl sites for hydroxylation is 2. The molecule has 1 unspecified atom stereocenters. The molecule has 1 amide bonds. The highest BCUT2D eigenvalue weighted by Gasteiger charge is 2.41. The van der Waals surface area contributed by atoms with Crippen molar-refractivity contribution in [2.75, 3.05) is 19.7 Å². The Bertz CT molecular complexity index is 1010. The minimum atomic E-state index is -4.04. The smallest absolute Gasteiger partial charge is 0.244 e. The number of hydrogen-bond donors (Lipinski definition) is 1. The van der Waals surface area contributed by atoms with Crippen molar-refractivity contribution in [1.29, 1.82) is 0 Å². The number of sulfonamides is 1. The van der Waals surface area contributed by atoms with Gasteiger partial charge in [-0.05, 0) is 50.1 Å². The number of rotatable bonds is 5. The molecular formula is C20H23FN2O4S. The summed E-state index contributed by atoms with van der Waals surface area (Å²) in [5, 5.41) is 2.63. The Kier molecular flexibility index (Phi) is 5.71. The average molecular weight is 406 g/mol. The fourth-order valence-electron chi connectivity index (χ4n) is 3.38. The van der Waals surface area contributed by atoms with E-state index in [0.717, 1.165) is 4.31 Å². The van der Waals surface area contributed by atoms with E-state index in [1.165, 1.54) is 18.2 Å². The van der Waals surface area contributed by atoms with Crippen LogP contribution in [0.3, 0.4) is 0 Å². The van der Waals surface area contributed by atoms with E-state index in [9.17, 15) is 17.6 Å². The van der Waals surface area contributed by atoms with E-state index < -0.39 is 27.8 Å². The van der Waals surface area contributed by atoms with E-state index in [2.05, 4.69) is 5.32 Å². The number of benzene rings is 2. The maximum atomic E-state index is 14.4. The third-order valence-electron chi connectivity index (χ3n) is 4.73. The van der Waals surface area contributed by atoms with Crippen LogP contribution in [0.2, 0.25) is 0 Å². The van der Waals surface area contributed by atoms with Gasteiger partial charge in [0.15, 0.2) is 0 Å². The molecule has 1 heterocycles. The lowest BCUT2D eigenvalue weighted by molar-refractivity contribution is -0.127. The van der Waals surface area contributed by atoms with Gasteiger partial charge in [-0.2, -0.15) is 4.31 Å². The Labute approximate surface area is 164 Å². The number of carbonyl (C=O) groups excluding carboxylic acids is 1. The fraction of sp³-hybridized carbons (Fsp3) is 0.350. The van der Waals surface area contributed by atoms with Crippen LogP contribution >= 0.6 is 0 Å². The van der Waals surface area contributed by atoms with Gasteiger partial charge < -0.3 is 10.1 Å². The molecule has 1 aliphatic heterocycles. The summed E-state index contributed by atoms with van der Waals surface area (Å²) in [6, 6.07) is 7.69. The summed E-state index contributed by atoms with van der Waals surface area (Å²) in [6.45, 7) is 5.98. The molecule has 1 N–H and O–H groups in total. The number of ether oxygens (including phenoxy) is 1. The highest BCUT2D eigenvalue weighted by Crippen LogP contribution is 2.34. The van der Waals surface area contributed by atoms with Gasteiger partial charge in [-0.15, -0.1) is 0 Å². The second-order valence-corrected chi connectivity index (χ2v) is 8.51. The Morgan fingerprint density at radius 3 is 2.61 bits per heavy atom. The van der Waals surface area contributed by atoms with Gasteiger partial charge in [0.05, 0.1) is 11.5 Å². The Balaban J connectivity index is 2.10. The van der Waals surface area contributed by atoms with Gasteiger partial charge in [0.2, 0.25) is 15.9 Å². The molecular weight excluding hydrogens is 383 g/mol. The van der Waals surface area contributed by atoms with Crippen molar-refractivity contribution in [3.8, 4) is 5.75 Å². The lowest BCUT2D eigenvalue weighted by atomic mass is 10.0. The molecule has 1 fully saturated rings. The van der Waals surface area contributed by atoms with Gasteiger partial charge >= 0.3 is 0 Å². The highest BCUT2D eigenvalue weighted by molar-refractivity contribution is 7.89. The summed E-state index contributed by atoms with van der Waals surface area (Å²) < 4.78 is 47.9. The Hall–Kier alpha value is -2.45. The van der Waals surface area contributed by atoms with Crippen LogP contribution in [0.4, 0.5) is 4.39 Å². The zero-order chi connectivity index (χ0) is 20.5. The second-order valence-electron chi connectivity index (χ2n) is 6.65. The van der Waals surface area contributed by atoms with Gasteiger partial charge in [-0.3, -0.25) is 4.79 Å². The molecule has 0 bridgehead atoms. The SMILES string of the molecule is CCOc1cc(C)c(S(=O)(=O)N2CCNC(=O)C2c2ccccc2F)cc1C. The van der Waals surface area contributed by atoms with E-state index in [1.54, 1.807) is 32.0 Å². The number of piperazine rings is 1. The standard InChI is InChI=1S/C20H23FN2O4S/c1-4-27-17-11-14(3)18(12-13(17)2)28(25,26)23-10-9-22-20(24)19(23)15-7-5-6-8-16(15)21/h5-8,11-12,19H,4,9-10H2,1-3H3,(H,22,24). The molecule has 0 spiro atoms. The third kappa shape index (κ3) is 3.62. The topological polar surface area (TPSA) is 75.7 Å². The summed E-state index contributed by atoms with van der Waals surface area (Å²) in [6.07, 6.45) is 0. The maximum absolute atomic E-state index is 14.4. The monoisotopic (exact) mass is 406 g/mol. The van der Waals surface area contributed by atoms with Gasteiger partial charge in [0, 0.05) is 18.7 Å². The molecule has 0 aromatic heterocycles. The number of nitrogens with zero attached hydrogens (tertiary/aromatic N) is 1. The van der Waals surface area contributed by atoms with Crippen molar-refractivity contribution in [3.05, 3.63) is 58.9 Å². The average Bonchev–Trinajstić information content (AvgIpc) is 2.65. The summed E-state index contributed by atoms with van der Waals surface area (Å²) in [4.78, 5) is 12.6. The van der Waals surface area contributed by atoms with Gasteiger partial charge in [-0.25, -0.2) is 12.8 Å². The lowest BCUT2D eigenvalue weighted by Gasteiger charge is -2.34. The van der Waals surface area contributed by atoms with E-state index in [4.69, 9.17) is 4.74 Å². The third-order valence-corrected chi connectivity index (χ3v) is 6.73. The van der Waals surface area contributed by atoms with E-state index >= 15 is 0 Å². The first kappa shape index (κ1) is 20.3. The van der Waals surface area contributed by atoms with Crippen molar-refractivity contribution in [1.82, 2.24) is 9.62 Å². The van der Waals surface area contributed by atoms with Crippen LogP contribution in [-0.2, 0) is 14.8 Å².